The van der Waals surface area contributed by atoms with Gasteiger partial charge in [0.15, 0.2) is 5.82 Å². The SMILES string of the molecule is O=C(NCc1ccccc1)c1c2n(c(=O)n1-c1ccc(-n3cc(F)cn3)cc1)CCN(C(=O)c1ccc(Br)c(Cl)c1)C2. The Morgan fingerprint density at radius 2 is 1.74 bits per heavy atom. The van der Waals surface area contributed by atoms with Crippen molar-refractivity contribution >= 4 is 39.3 Å². The number of fused-ring (bicyclic) bond motifs is 1. The van der Waals surface area contributed by atoms with Crippen molar-refractivity contribution in [2.45, 2.75) is 19.6 Å². The number of carbonyl (C=O) groups excluding carboxylic acids is 2. The number of nitrogens with zero attached hydrogens (tertiary/aromatic N) is 5. The maximum atomic E-state index is 13.8. The minimum atomic E-state index is -0.475. The van der Waals surface area contributed by atoms with E-state index in [1.165, 1.54) is 20.0 Å². The highest BCUT2D eigenvalue weighted by molar-refractivity contribution is 9.10. The molecule has 12 heteroatoms. The summed E-state index contributed by atoms with van der Waals surface area (Å²) >= 11 is 9.57. The van der Waals surface area contributed by atoms with Crippen LogP contribution in [0.1, 0.15) is 32.1 Å². The monoisotopic (exact) mass is 648 g/mol. The van der Waals surface area contributed by atoms with E-state index in [2.05, 4.69) is 26.3 Å². The van der Waals surface area contributed by atoms with E-state index in [0.717, 1.165) is 11.8 Å². The fourth-order valence-corrected chi connectivity index (χ4v) is 5.40. The first-order chi connectivity index (χ1) is 20.3. The van der Waals surface area contributed by atoms with Crippen LogP contribution in [0.3, 0.4) is 0 Å². The molecule has 5 aromatic rings. The maximum absolute atomic E-state index is 13.8. The van der Waals surface area contributed by atoms with Crippen LogP contribution in [0.5, 0.6) is 0 Å². The van der Waals surface area contributed by atoms with Crippen molar-refractivity contribution in [3.05, 3.63) is 134 Å². The number of halogens is 3. The Bertz CT molecular complexity index is 1870. The zero-order chi connectivity index (χ0) is 29.4. The Morgan fingerprint density at radius 3 is 2.43 bits per heavy atom. The van der Waals surface area contributed by atoms with Crippen molar-refractivity contribution < 1.29 is 14.0 Å². The number of hydrogen-bond acceptors (Lipinski definition) is 4. The summed E-state index contributed by atoms with van der Waals surface area (Å²) in [6.07, 6.45) is 2.34. The maximum Gasteiger partial charge on any atom is 0.333 e. The Labute approximate surface area is 252 Å². The van der Waals surface area contributed by atoms with Crippen LogP contribution in [-0.2, 0) is 19.6 Å². The van der Waals surface area contributed by atoms with Crippen LogP contribution in [-0.4, -0.2) is 42.2 Å². The quantitative estimate of drug-likeness (QED) is 0.281. The van der Waals surface area contributed by atoms with Gasteiger partial charge in [0.05, 0.1) is 41.0 Å². The lowest BCUT2D eigenvalue weighted by molar-refractivity contribution is 0.0706. The van der Waals surface area contributed by atoms with Gasteiger partial charge in [0.2, 0.25) is 0 Å². The number of imidazole rings is 1. The summed E-state index contributed by atoms with van der Waals surface area (Å²) in [5, 5.41) is 7.30. The summed E-state index contributed by atoms with van der Waals surface area (Å²) in [5.41, 5.74) is 2.49. The molecule has 0 atom stereocenters. The average Bonchev–Trinajstić information content (AvgIpc) is 3.58. The van der Waals surface area contributed by atoms with Crippen LogP contribution in [0.4, 0.5) is 4.39 Å². The molecule has 0 aliphatic carbocycles. The highest BCUT2D eigenvalue weighted by Gasteiger charge is 2.32. The molecule has 1 aliphatic rings. The molecular weight excluding hydrogens is 627 g/mol. The molecule has 3 aromatic carbocycles. The standard InChI is InChI=1S/C30H23BrClFN6O3/c31-24-11-6-20(14-25(24)32)29(41)36-12-13-37-26(18-36)27(28(40)34-15-19-4-2-1-3-5-19)39(30(37)42)23-9-7-22(8-10-23)38-17-21(33)16-35-38/h1-11,14,16-17H,12-13,15,18H2,(H,34,40). The van der Waals surface area contributed by atoms with E-state index >= 15 is 0 Å². The zero-order valence-electron chi connectivity index (χ0n) is 22.0. The fraction of sp³-hybridized carbons (Fsp3) is 0.133. The second-order valence-electron chi connectivity index (χ2n) is 9.71. The minimum absolute atomic E-state index is 0.0491. The van der Waals surface area contributed by atoms with Gasteiger partial charge in [-0.2, -0.15) is 5.10 Å². The van der Waals surface area contributed by atoms with Crippen molar-refractivity contribution in [2.24, 2.45) is 0 Å². The number of benzene rings is 3. The number of aromatic nitrogens is 4. The van der Waals surface area contributed by atoms with Gasteiger partial charge in [0, 0.05) is 29.7 Å². The number of rotatable bonds is 6. The molecule has 6 rings (SSSR count). The van der Waals surface area contributed by atoms with Crippen molar-refractivity contribution in [2.75, 3.05) is 6.54 Å². The highest BCUT2D eigenvalue weighted by Crippen LogP contribution is 2.26. The van der Waals surface area contributed by atoms with Crippen LogP contribution >= 0.6 is 27.5 Å². The van der Waals surface area contributed by atoms with Gasteiger partial charge in [-0.15, -0.1) is 0 Å². The third-order valence-electron chi connectivity index (χ3n) is 7.07. The predicted octanol–water partition coefficient (Wildman–Crippen LogP) is 4.97. The molecular formula is C30H23BrClFN6O3. The molecule has 0 bridgehead atoms. The number of amides is 2. The number of carbonyl (C=O) groups is 2. The summed E-state index contributed by atoms with van der Waals surface area (Å²) < 4.78 is 18.4. The fourth-order valence-electron chi connectivity index (χ4n) is 4.98. The second-order valence-corrected chi connectivity index (χ2v) is 11.0. The smallest absolute Gasteiger partial charge is 0.333 e. The molecule has 1 aliphatic heterocycles. The van der Waals surface area contributed by atoms with Crippen molar-refractivity contribution in [1.82, 2.24) is 29.1 Å². The molecule has 2 amide bonds. The molecule has 0 spiro atoms. The summed E-state index contributed by atoms with van der Waals surface area (Å²) in [4.78, 5) is 42.5. The first-order valence-corrected chi connectivity index (χ1v) is 14.2. The topological polar surface area (TPSA) is 94.2 Å². The summed E-state index contributed by atoms with van der Waals surface area (Å²) in [5.74, 6) is -1.19. The second kappa shape index (κ2) is 11.4. The Balaban J connectivity index is 1.38. The van der Waals surface area contributed by atoms with Crippen molar-refractivity contribution in [3.8, 4) is 11.4 Å². The van der Waals surface area contributed by atoms with E-state index in [9.17, 15) is 18.8 Å². The zero-order valence-corrected chi connectivity index (χ0v) is 24.3. The van der Waals surface area contributed by atoms with E-state index in [-0.39, 0.29) is 37.8 Å². The molecule has 0 fully saturated rings. The minimum Gasteiger partial charge on any atom is -0.347 e. The lowest BCUT2D eigenvalue weighted by Gasteiger charge is -2.28. The van der Waals surface area contributed by atoms with Crippen molar-refractivity contribution in [1.29, 1.82) is 0 Å². The summed E-state index contributed by atoms with van der Waals surface area (Å²) in [6.45, 7) is 0.787. The molecule has 0 unspecified atom stereocenters. The molecule has 9 nitrogen and oxygen atoms in total. The molecule has 1 N–H and O–H groups in total. The van der Waals surface area contributed by atoms with E-state index < -0.39 is 17.4 Å². The first kappa shape index (κ1) is 27.7. The molecule has 3 heterocycles. The summed E-state index contributed by atoms with van der Waals surface area (Å²) in [7, 11) is 0. The molecule has 212 valence electrons. The Morgan fingerprint density at radius 1 is 1.00 bits per heavy atom. The van der Waals surface area contributed by atoms with E-state index in [0.29, 0.717) is 32.1 Å². The predicted molar refractivity (Wildman–Crippen MR) is 159 cm³/mol. The Kier molecular flexibility index (Phi) is 7.53. The first-order valence-electron chi connectivity index (χ1n) is 13.0. The molecule has 42 heavy (non-hydrogen) atoms. The van der Waals surface area contributed by atoms with Gasteiger partial charge >= 0.3 is 5.69 Å². The van der Waals surface area contributed by atoms with Gasteiger partial charge in [0.1, 0.15) is 5.69 Å². The van der Waals surface area contributed by atoms with Crippen LogP contribution in [0.2, 0.25) is 5.02 Å². The normalized spacial score (nSPS) is 12.7. The molecule has 0 saturated heterocycles. The largest absolute Gasteiger partial charge is 0.347 e. The van der Waals surface area contributed by atoms with E-state index in [4.69, 9.17) is 11.6 Å². The molecule has 0 radical (unpaired) electrons. The van der Waals surface area contributed by atoms with Gasteiger partial charge in [-0.25, -0.2) is 13.9 Å². The highest BCUT2D eigenvalue weighted by atomic mass is 79.9. The Hall–Kier alpha value is -4.48. The lowest BCUT2D eigenvalue weighted by Crippen LogP contribution is -2.41. The average molecular weight is 650 g/mol. The van der Waals surface area contributed by atoms with Gasteiger partial charge in [-0.05, 0) is 64.0 Å². The van der Waals surface area contributed by atoms with E-state index in [1.807, 2.05) is 30.3 Å². The van der Waals surface area contributed by atoms with Crippen LogP contribution in [0.25, 0.3) is 11.4 Å². The van der Waals surface area contributed by atoms with Gasteiger partial charge in [0.25, 0.3) is 11.8 Å². The van der Waals surface area contributed by atoms with Crippen LogP contribution in [0, 0.1) is 5.82 Å². The number of hydrogen-bond donors (Lipinski definition) is 1. The third-order valence-corrected chi connectivity index (χ3v) is 8.30. The van der Waals surface area contributed by atoms with Crippen LogP contribution < -0.4 is 11.0 Å². The van der Waals surface area contributed by atoms with Gasteiger partial charge in [-0.3, -0.25) is 18.7 Å². The lowest BCUT2D eigenvalue weighted by atomic mass is 10.1. The van der Waals surface area contributed by atoms with Gasteiger partial charge < -0.3 is 10.2 Å². The van der Waals surface area contributed by atoms with Gasteiger partial charge in [-0.1, -0.05) is 41.9 Å². The van der Waals surface area contributed by atoms with Crippen molar-refractivity contribution in [3.63, 3.8) is 0 Å². The molecule has 2 aromatic heterocycles. The van der Waals surface area contributed by atoms with Crippen LogP contribution in [0.15, 0.2) is 94.5 Å². The third kappa shape index (κ3) is 5.28. The summed E-state index contributed by atoms with van der Waals surface area (Å²) in [6, 6.07) is 21.1. The number of nitrogens with one attached hydrogen (secondary N) is 1. The van der Waals surface area contributed by atoms with E-state index in [1.54, 1.807) is 47.4 Å². The molecule has 0 saturated carbocycles.